The van der Waals surface area contributed by atoms with Gasteiger partial charge in [-0.3, -0.25) is 18.8 Å². The van der Waals surface area contributed by atoms with Gasteiger partial charge in [-0.1, -0.05) is 18.2 Å². The van der Waals surface area contributed by atoms with Crippen molar-refractivity contribution in [3.8, 4) is 17.2 Å². The highest BCUT2D eigenvalue weighted by atomic mass is 16.5. The van der Waals surface area contributed by atoms with Crippen LogP contribution in [0, 0.1) is 0 Å². The Balaban J connectivity index is 1.19. The number of hydrogen-bond donors (Lipinski definition) is 0. The number of benzene rings is 2. The van der Waals surface area contributed by atoms with Crippen molar-refractivity contribution in [3.63, 3.8) is 0 Å². The predicted octanol–water partition coefficient (Wildman–Crippen LogP) is 4.47. The van der Waals surface area contributed by atoms with E-state index in [4.69, 9.17) is 4.74 Å². The molecule has 2 fully saturated rings. The second-order valence-electron chi connectivity index (χ2n) is 9.80. The van der Waals surface area contributed by atoms with Crippen LogP contribution in [0.2, 0.25) is 0 Å². The molecule has 1 aliphatic carbocycles. The molecule has 1 aromatic heterocycles. The van der Waals surface area contributed by atoms with Crippen LogP contribution < -0.4 is 10.4 Å². The molecule has 2 aromatic carbocycles. The van der Waals surface area contributed by atoms with Gasteiger partial charge in [-0.05, 0) is 68.5 Å². The first kappa shape index (κ1) is 23.4. The Hall–Kier alpha value is -3.32. The van der Waals surface area contributed by atoms with Crippen molar-refractivity contribution < 1.29 is 9.53 Å². The highest BCUT2D eigenvalue weighted by Gasteiger charge is 2.34. The number of amides is 1. The van der Waals surface area contributed by atoms with Gasteiger partial charge in [-0.15, -0.1) is 0 Å². The number of nitrogens with zero attached hydrogens (tertiary/aromatic N) is 4. The van der Waals surface area contributed by atoms with E-state index in [0.29, 0.717) is 12.1 Å². The lowest BCUT2D eigenvalue weighted by atomic mass is 9.90. The first-order chi connectivity index (χ1) is 17.0. The van der Waals surface area contributed by atoms with E-state index in [1.54, 1.807) is 11.5 Å². The SMILES string of the molecule is CC(=O)N(C)C1CCN(C2CCC(n3ccn(-c4ccc(Oc5ccccc5)cc4)c3=O)CC2)C1. The van der Waals surface area contributed by atoms with Crippen LogP contribution in [0.15, 0.2) is 71.8 Å². The molecule has 2 aliphatic rings. The van der Waals surface area contributed by atoms with Crippen LogP contribution in [0.25, 0.3) is 5.69 Å². The van der Waals surface area contributed by atoms with Crippen molar-refractivity contribution in [3.05, 3.63) is 77.5 Å². The number of rotatable bonds is 6. The maximum Gasteiger partial charge on any atom is 0.332 e. The molecule has 1 amide bonds. The number of carbonyl (C=O) groups is 1. The number of aromatic nitrogens is 2. The zero-order valence-electron chi connectivity index (χ0n) is 20.5. The molecule has 1 atom stereocenters. The molecule has 0 N–H and O–H groups in total. The summed E-state index contributed by atoms with van der Waals surface area (Å²) in [5.41, 5.74) is 0.843. The maximum atomic E-state index is 13.2. The highest BCUT2D eigenvalue weighted by Crippen LogP contribution is 2.32. The summed E-state index contributed by atoms with van der Waals surface area (Å²) in [6.45, 7) is 3.66. The van der Waals surface area contributed by atoms with E-state index < -0.39 is 0 Å². The Kier molecular flexibility index (Phi) is 6.77. The smallest absolute Gasteiger partial charge is 0.332 e. The van der Waals surface area contributed by atoms with Gasteiger partial charge in [-0.25, -0.2) is 4.79 Å². The van der Waals surface area contributed by atoms with E-state index in [0.717, 1.165) is 62.4 Å². The van der Waals surface area contributed by atoms with E-state index in [1.807, 2.05) is 83.5 Å². The second-order valence-corrected chi connectivity index (χ2v) is 9.80. The number of para-hydroxylation sites is 1. The summed E-state index contributed by atoms with van der Waals surface area (Å²) >= 11 is 0. The molecule has 1 saturated carbocycles. The molecule has 7 heteroatoms. The van der Waals surface area contributed by atoms with Crippen molar-refractivity contribution >= 4 is 5.91 Å². The van der Waals surface area contributed by atoms with Gasteiger partial charge in [-0.2, -0.15) is 0 Å². The van der Waals surface area contributed by atoms with Crippen LogP contribution in [0.5, 0.6) is 11.5 Å². The minimum absolute atomic E-state index is 0.00879. The molecule has 184 valence electrons. The normalized spacial score (nSPS) is 22.7. The van der Waals surface area contributed by atoms with Crippen LogP contribution in [-0.4, -0.2) is 57.1 Å². The van der Waals surface area contributed by atoms with E-state index in [2.05, 4.69) is 4.90 Å². The standard InChI is InChI=1S/C28H34N4O3/c1-21(33)29(2)25-16-17-30(20-25)22-8-10-23(11-9-22)31-18-19-32(28(31)34)24-12-14-27(15-13-24)35-26-6-4-3-5-7-26/h3-7,12-15,18-19,22-23,25H,8-11,16-17,20H2,1-2H3. The van der Waals surface area contributed by atoms with Gasteiger partial charge in [0.15, 0.2) is 0 Å². The van der Waals surface area contributed by atoms with E-state index in [1.165, 1.54) is 0 Å². The quantitative estimate of drug-likeness (QED) is 0.529. The minimum atomic E-state index is 0.00879. The summed E-state index contributed by atoms with van der Waals surface area (Å²) in [4.78, 5) is 29.4. The molecule has 1 saturated heterocycles. The summed E-state index contributed by atoms with van der Waals surface area (Å²) in [5.74, 6) is 1.67. The summed E-state index contributed by atoms with van der Waals surface area (Å²) < 4.78 is 9.48. The van der Waals surface area contributed by atoms with Crippen molar-refractivity contribution in [1.29, 1.82) is 0 Å². The Morgan fingerprint density at radius 3 is 2.23 bits per heavy atom. The number of imidazole rings is 1. The lowest BCUT2D eigenvalue weighted by Gasteiger charge is -2.35. The molecule has 7 nitrogen and oxygen atoms in total. The first-order valence-corrected chi connectivity index (χ1v) is 12.6. The summed E-state index contributed by atoms with van der Waals surface area (Å²) in [7, 11) is 1.91. The summed E-state index contributed by atoms with van der Waals surface area (Å²) in [5, 5.41) is 0. The van der Waals surface area contributed by atoms with Gasteiger partial charge < -0.3 is 9.64 Å². The monoisotopic (exact) mass is 474 g/mol. The summed E-state index contributed by atoms with van der Waals surface area (Å²) in [6, 6.07) is 18.4. The van der Waals surface area contributed by atoms with Crippen LogP contribution in [0.1, 0.15) is 45.1 Å². The van der Waals surface area contributed by atoms with Gasteiger partial charge >= 0.3 is 5.69 Å². The fourth-order valence-electron chi connectivity index (χ4n) is 5.54. The molecule has 5 rings (SSSR count). The topological polar surface area (TPSA) is 59.7 Å². The lowest BCUT2D eigenvalue weighted by Crippen LogP contribution is -2.42. The van der Waals surface area contributed by atoms with E-state index in [9.17, 15) is 9.59 Å². The number of ether oxygens (including phenoxy) is 1. The van der Waals surface area contributed by atoms with Gasteiger partial charge in [0.25, 0.3) is 0 Å². The van der Waals surface area contributed by atoms with E-state index >= 15 is 0 Å². The number of likely N-dealkylation sites (tertiary alicyclic amines) is 1. The van der Waals surface area contributed by atoms with Gasteiger partial charge in [0.1, 0.15) is 11.5 Å². The number of likely N-dealkylation sites (N-methyl/N-ethyl adjacent to an activating group) is 1. The van der Waals surface area contributed by atoms with Crippen molar-refractivity contribution in [2.75, 3.05) is 20.1 Å². The average molecular weight is 475 g/mol. The molecule has 0 bridgehead atoms. The largest absolute Gasteiger partial charge is 0.457 e. The second kappa shape index (κ2) is 10.1. The molecule has 1 aliphatic heterocycles. The fraction of sp³-hybridized carbons (Fsp3) is 0.429. The fourth-order valence-corrected chi connectivity index (χ4v) is 5.54. The van der Waals surface area contributed by atoms with Crippen molar-refractivity contribution in [2.24, 2.45) is 0 Å². The molecular formula is C28H34N4O3. The Bertz CT molecular complexity index is 1190. The third-order valence-corrected chi connectivity index (χ3v) is 7.71. The Labute approximate surface area is 206 Å². The molecule has 2 heterocycles. The predicted molar refractivity (Wildman–Crippen MR) is 136 cm³/mol. The highest BCUT2D eigenvalue weighted by molar-refractivity contribution is 5.73. The third-order valence-electron chi connectivity index (χ3n) is 7.71. The zero-order chi connectivity index (χ0) is 24.4. The molecule has 1 unspecified atom stereocenters. The summed E-state index contributed by atoms with van der Waals surface area (Å²) in [6.07, 6.45) is 9.02. The number of hydrogen-bond acceptors (Lipinski definition) is 4. The maximum absolute atomic E-state index is 13.2. The average Bonchev–Trinajstić information content (AvgIpc) is 3.52. The molecule has 0 radical (unpaired) electrons. The van der Waals surface area contributed by atoms with Gasteiger partial charge in [0.05, 0.1) is 5.69 Å². The van der Waals surface area contributed by atoms with Crippen LogP contribution >= 0.6 is 0 Å². The molecule has 0 spiro atoms. The Morgan fingerprint density at radius 1 is 0.886 bits per heavy atom. The van der Waals surface area contributed by atoms with Crippen molar-refractivity contribution in [1.82, 2.24) is 18.9 Å². The lowest BCUT2D eigenvalue weighted by molar-refractivity contribution is -0.129. The zero-order valence-corrected chi connectivity index (χ0v) is 20.5. The minimum Gasteiger partial charge on any atom is -0.457 e. The van der Waals surface area contributed by atoms with Crippen LogP contribution in [0.3, 0.4) is 0 Å². The Morgan fingerprint density at radius 2 is 1.54 bits per heavy atom. The molecular weight excluding hydrogens is 440 g/mol. The number of carbonyl (C=O) groups excluding carboxylic acids is 1. The van der Waals surface area contributed by atoms with Gasteiger partial charge in [0.2, 0.25) is 5.91 Å². The van der Waals surface area contributed by atoms with Crippen molar-refractivity contribution in [2.45, 2.75) is 57.2 Å². The van der Waals surface area contributed by atoms with E-state index in [-0.39, 0.29) is 17.6 Å². The van der Waals surface area contributed by atoms with Crippen LogP contribution in [0.4, 0.5) is 0 Å². The first-order valence-electron chi connectivity index (χ1n) is 12.6. The molecule has 3 aromatic rings. The third kappa shape index (κ3) is 5.05. The molecule has 35 heavy (non-hydrogen) atoms. The van der Waals surface area contributed by atoms with Crippen LogP contribution in [-0.2, 0) is 4.79 Å². The van der Waals surface area contributed by atoms with Gasteiger partial charge in [0, 0.05) is 57.6 Å².